The van der Waals surface area contributed by atoms with Gasteiger partial charge in [-0.2, -0.15) is 0 Å². The number of benzene rings is 1. The van der Waals surface area contributed by atoms with Gasteiger partial charge in [0, 0.05) is 18.2 Å². The maximum atomic E-state index is 6.83. The monoisotopic (exact) mass is 397 g/mol. The van der Waals surface area contributed by atoms with Crippen molar-refractivity contribution in [1.29, 1.82) is 0 Å². The van der Waals surface area contributed by atoms with Gasteiger partial charge in [0.1, 0.15) is 5.76 Å². The van der Waals surface area contributed by atoms with Crippen LogP contribution in [0.3, 0.4) is 0 Å². The molecule has 150 valence electrons. The van der Waals surface area contributed by atoms with Crippen molar-refractivity contribution in [3.05, 3.63) is 46.7 Å². The Morgan fingerprint density at radius 2 is 1.96 bits per heavy atom. The van der Waals surface area contributed by atoms with Crippen LogP contribution in [0, 0.1) is 0 Å². The van der Waals surface area contributed by atoms with E-state index in [1.165, 1.54) is 16.7 Å². The number of allylic oxidation sites excluding steroid dienone is 2. The van der Waals surface area contributed by atoms with Crippen LogP contribution in [-0.4, -0.2) is 46.1 Å². The molecule has 1 aromatic carbocycles. The van der Waals surface area contributed by atoms with Crippen LogP contribution in [-0.2, 0) is 16.3 Å². The summed E-state index contributed by atoms with van der Waals surface area (Å²) < 4.78 is 19.2. The Hall–Kier alpha value is -1.72. The topological polar surface area (TPSA) is 30.9 Å². The molecular weight excluding hydrogens is 366 g/mol. The van der Waals surface area contributed by atoms with Crippen LogP contribution in [0.1, 0.15) is 31.9 Å². The zero-order valence-corrected chi connectivity index (χ0v) is 19.1. The first-order chi connectivity index (χ1) is 13.1. The molecule has 1 spiro atoms. The van der Waals surface area contributed by atoms with E-state index in [-0.39, 0.29) is 16.6 Å². The first-order valence-electron chi connectivity index (χ1n) is 10.3. The molecule has 2 heterocycles. The van der Waals surface area contributed by atoms with Crippen LogP contribution in [0.4, 0.5) is 0 Å². The smallest absolute Gasteiger partial charge is 0.250 e. The van der Waals surface area contributed by atoms with Gasteiger partial charge >= 0.3 is 0 Å². The van der Waals surface area contributed by atoms with Gasteiger partial charge in [-0.3, -0.25) is 4.90 Å². The van der Waals surface area contributed by atoms with Crippen LogP contribution in [0.25, 0.3) is 0 Å². The van der Waals surface area contributed by atoms with Crippen LogP contribution < -0.4 is 9.47 Å². The second kappa shape index (κ2) is 5.45. The molecule has 0 unspecified atom stereocenters. The number of hydrogen-bond acceptors (Lipinski definition) is 4. The van der Waals surface area contributed by atoms with Gasteiger partial charge in [-0.25, -0.2) is 0 Å². The molecule has 5 heteroatoms. The van der Waals surface area contributed by atoms with Gasteiger partial charge in [0.25, 0.3) is 0 Å². The number of methoxy groups -OCH3 is 1. The van der Waals surface area contributed by atoms with Crippen molar-refractivity contribution in [3.63, 3.8) is 0 Å². The van der Waals surface area contributed by atoms with Gasteiger partial charge in [0.15, 0.2) is 17.6 Å². The van der Waals surface area contributed by atoms with Gasteiger partial charge in [-0.1, -0.05) is 32.9 Å². The Balaban J connectivity index is 1.67. The summed E-state index contributed by atoms with van der Waals surface area (Å²) in [6.07, 6.45) is 5.46. The van der Waals surface area contributed by atoms with Crippen molar-refractivity contribution in [3.8, 4) is 11.5 Å². The van der Waals surface area contributed by atoms with Crippen molar-refractivity contribution < 1.29 is 13.9 Å². The summed E-state index contributed by atoms with van der Waals surface area (Å²) in [4.78, 5) is 2.49. The zero-order chi connectivity index (χ0) is 20.1. The minimum absolute atomic E-state index is 0.0978. The second-order valence-corrected chi connectivity index (χ2v) is 15.0. The molecule has 4 aliphatic rings. The fourth-order valence-corrected chi connectivity index (χ4v) is 6.38. The zero-order valence-electron chi connectivity index (χ0n) is 18.1. The van der Waals surface area contributed by atoms with E-state index >= 15 is 0 Å². The molecule has 0 N–H and O–H groups in total. The first-order valence-corrected chi connectivity index (χ1v) is 13.2. The average molecular weight is 398 g/mol. The molecule has 28 heavy (non-hydrogen) atoms. The molecule has 0 saturated carbocycles. The van der Waals surface area contributed by atoms with E-state index < -0.39 is 8.32 Å². The molecule has 1 saturated heterocycles. The Morgan fingerprint density at radius 3 is 2.64 bits per heavy atom. The normalized spacial score (nSPS) is 30.4. The summed E-state index contributed by atoms with van der Waals surface area (Å²) in [5, 5.41) is 0.144. The lowest BCUT2D eigenvalue weighted by atomic mass is 9.64. The quantitative estimate of drug-likeness (QED) is 0.707. The summed E-state index contributed by atoms with van der Waals surface area (Å²) in [5.74, 6) is 2.76. The minimum Gasteiger partial charge on any atom is -0.544 e. The van der Waals surface area contributed by atoms with Crippen molar-refractivity contribution in [2.75, 3.05) is 20.7 Å². The van der Waals surface area contributed by atoms with Gasteiger partial charge in [0.2, 0.25) is 8.32 Å². The summed E-state index contributed by atoms with van der Waals surface area (Å²) in [6, 6.07) is 4.75. The standard InChI is InChI=1S/C23H31NO3Si/c1-22(2,3)28(6,7)27-18-11-9-15-16-12-14-8-10-17(25-5)20-19(14)23(15,13-24(16)4)21(18)26-20/h8-11,16,21H,12-13H2,1-7H3/t16-,21+,23+/m1/s1. The van der Waals surface area contributed by atoms with Crippen molar-refractivity contribution in [1.82, 2.24) is 4.90 Å². The third-order valence-corrected chi connectivity index (χ3v) is 12.1. The van der Waals surface area contributed by atoms with E-state index in [1.54, 1.807) is 7.11 Å². The molecule has 1 aromatic rings. The van der Waals surface area contributed by atoms with Crippen LogP contribution in [0.5, 0.6) is 11.5 Å². The fourth-order valence-electron chi connectivity index (χ4n) is 5.31. The Morgan fingerprint density at radius 1 is 1.21 bits per heavy atom. The van der Waals surface area contributed by atoms with Crippen LogP contribution >= 0.6 is 0 Å². The Kier molecular flexibility index (Phi) is 3.57. The van der Waals surface area contributed by atoms with Crippen molar-refractivity contribution >= 4 is 8.32 Å². The average Bonchev–Trinajstić information content (AvgIpc) is 3.05. The molecule has 2 aliphatic heterocycles. The number of likely N-dealkylation sites (N-methyl/N-ethyl adjacent to an activating group) is 1. The molecule has 0 radical (unpaired) electrons. The Labute approximate surface area is 169 Å². The maximum absolute atomic E-state index is 6.83. The fraction of sp³-hybridized carbons (Fsp3) is 0.565. The number of ether oxygens (including phenoxy) is 2. The summed E-state index contributed by atoms with van der Waals surface area (Å²) in [6.45, 7) is 12.4. The van der Waals surface area contributed by atoms with Gasteiger partial charge in [-0.05, 0) is 54.9 Å². The van der Waals surface area contributed by atoms with E-state index in [0.29, 0.717) is 6.04 Å². The van der Waals surface area contributed by atoms with Crippen molar-refractivity contribution in [2.24, 2.45) is 0 Å². The minimum atomic E-state index is -1.97. The molecular formula is C23H31NO3Si. The van der Waals surface area contributed by atoms with Gasteiger partial charge in [-0.15, -0.1) is 0 Å². The predicted octanol–water partition coefficient (Wildman–Crippen LogP) is 4.41. The van der Waals surface area contributed by atoms with Gasteiger partial charge < -0.3 is 13.9 Å². The lowest BCUT2D eigenvalue weighted by molar-refractivity contribution is 0.141. The predicted molar refractivity (Wildman–Crippen MR) is 114 cm³/mol. The van der Waals surface area contributed by atoms with E-state index in [1.807, 2.05) is 0 Å². The molecule has 5 rings (SSSR count). The number of rotatable bonds is 3. The molecule has 0 amide bonds. The lowest BCUT2D eigenvalue weighted by Crippen LogP contribution is -2.49. The second-order valence-electron chi connectivity index (χ2n) is 10.3. The first kappa shape index (κ1) is 18.3. The van der Waals surface area contributed by atoms with E-state index in [4.69, 9.17) is 13.9 Å². The highest BCUT2D eigenvalue weighted by Gasteiger charge is 2.65. The van der Waals surface area contributed by atoms with Crippen molar-refractivity contribution in [2.45, 2.75) is 62.9 Å². The molecule has 2 aliphatic carbocycles. The summed E-state index contributed by atoms with van der Waals surface area (Å²) in [7, 11) is 2.00. The maximum Gasteiger partial charge on any atom is 0.250 e. The lowest BCUT2D eigenvalue weighted by Gasteiger charge is -2.43. The van der Waals surface area contributed by atoms with E-state index in [9.17, 15) is 0 Å². The third kappa shape index (κ3) is 2.09. The highest BCUT2D eigenvalue weighted by Crippen LogP contribution is 2.63. The largest absolute Gasteiger partial charge is 0.544 e. The summed E-state index contributed by atoms with van der Waals surface area (Å²) >= 11 is 0. The summed E-state index contributed by atoms with van der Waals surface area (Å²) in [5.41, 5.74) is 4.09. The number of likely N-dealkylation sites (tertiary alicyclic amines) is 1. The highest BCUT2D eigenvalue weighted by atomic mass is 28.4. The van der Waals surface area contributed by atoms with Crippen LogP contribution in [0.2, 0.25) is 18.1 Å². The molecule has 3 atom stereocenters. The molecule has 1 fully saturated rings. The SMILES string of the molecule is COc1ccc2c3c1O[C@H]1C(O[Si](C)(C)C(C)(C)C)=CC=C4[C@@H](C2)N(C)C[C@]431. The molecule has 2 bridgehead atoms. The highest BCUT2D eigenvalue weighted by molar-refractivity contribution is 6.74. The van der Waals surface area contributed by atoms with E-state index in [0.717, 1.165) is 30.2 Å². The van der Waals surface area contributed by atoms with E-state index in [2.05, 4.69) is 70.1 Å². The third-order valence-electron chi connectivity index (χ3n) is 7.74. The number of hydrogen-bond donors (Lipinski definition) is 0. The van der Waals surface area contributed by atoms with Crippen LogP contribution in [0.15, 0.2) is 35.6 Å². The number of nitrogens with zero attached hydrogens (tertiary/aromatic N) is 1. The molecule has 0 aromatic heterocycles. The molecule has 4 nitrogen and oxygen atoms in total. The Bertz CT molecular complexity index is 927. The van der Waals surface area contributed by atoms with Gasteiger partial charge in [0.05, 0.1) is 12.5 Å².